The van der Waals surface area contributed by atoms with Crippen LogP contribution in [0.15, 0.2) is 18.2 Å². The first-order chi connectivity index (χ1) is 8.72. The quantitative estimate of drug-likeness (QED) is 0.883. The van der Waals surface area contributed by atoms with Crippen LogP contribution in [-0.4, -0.2) is 30.6 Å². The van der Waals surface area contributed by atoms with Crippen molar-refractivity contribution in [1.82, 2.24) is 10.2 Å². The summed E-state index contributed by atoms with van der Waals surface area (Å²) in [6.45, 7) is 4.22. The van der Waals surface area contributed by atoms with E-state index in [1.54, 1.807) is 12.1 Å². The van der Waals surface area contributed by atoms with E-state index in [9.17, 15) is 4.39 Å². The lowest BCUT2D eigenvalue weighted by molar-refractivity contribution is 0.178. The normalized spacial score (nSPS) is 20.2. The van der Waals surface area contributed by atoms with Crippen molar-refractivity contribution in [2.45, 2.75) is 25.4 Å². The highest BCUT2D eigenvalue weighted by atomic mass is 35.5. The Morgan fingerprint density at radius 3 is 2.67 bits per heavy atom. The molecule has 2 fully saturated rings. The van der Waals surface area contributed by atoms with E-state index in [1.807, 2.05) is 6.07 Å². The molecule has 0 amide bonds. The Bertz CT molecular complexity index is 430. The van der Waals surface area contributed by atoms with E-state index in [0.717, 1.165) is 37.7 Å². The van der Waals surface area contributed by atoms with Gasteiger partial charge >= 0.3 is 0 Å². The zero-order valence-electron chi connectivity index (χ0n) is 10.3. The largest absolute Gasteiger partial charge is 0.316 e. The number of nitrogens with zero attached hydrogens (tertiary/aromatic N) is 1. The monoisotopic (exact) mass is 268 g/mol. The number of nitrogens with one attached hydrogen (secondary N) is 1. The molecule has 0 aromatic heterocycles. The minimum absolute atomic E-state index is 0.208. The van der Waals surface area contributed by atoms with E-state index < -0.39 is 0 Å². The molecule has 1 aliphatic carbocycles. The Balaban J connectivity index is 1.65. The van der Waals surface area contributed by atoms with E-state index in [4.69, 9.17) is 11.6 Å². The maximum atomic E-state index is 13.4. The van der Waals surface area contributed by atoms with Gasteiger partial charge in [0.25, 0.3) is 0 Å². The third kappa shape index (κ3) is 2.85. The molecule has 1 saturated carbocycles. The summed E-state index contributed by atoms with van der Waals surface area (Å²) in [6.07, 6.45) is 2.58. The second-order valence-electron chi connectivity index (χ2n) is 5.43. The molecule has 0 bridgehead atoms. The first-order valence-corrected chi connectivity index (χ1v) is 6.99. The SMILES string of the molecule is Fc1cc(CN(CC2CNC2)C2CC2)ccc1Cl. The van der Waals surface area contributed by atoms with Gasteiger partial charge in [-0.05, 0) is 36.5 Å². The standard InChI is InChI=1S/C14H18ClFN2/c15-13-4-1-10(5-14(13)16)8-18(12-2-3-12)9-11-6-17-7-11/h1,4-5,11-12,17H,2-3,6-9H2. The molecule has 1 aromatic carbocycles. The van der Waals surface area contributed by atoms with Crippen molar-refractivity contribution in [3.63, 3.8) is 0 Å². The number of hydrogen-bond donors (Lipinski definition) is 1. The maximum Gasteiger partial charge on any atom is 0.142 e. The average Bonchev–Trinajstić information content (AvgIpc) is 3.10. The minimum Gasteiger partial charge on any atom is -0.316 e. The molecule has 18 heavy (non-hydrogen) atoms. The van der Waals surface area contributed by atoms with Crippen molar-refractivity contribution in [1.29, 1.82) is 0 Å². The van der Waals surface area contributed by atoms with Gasteiger partial charge in [-0.25, -0.2) is 4.39 Å². The lowest BCUT2D eigenvalue weighted by atomic mass is 10.0. The first kappa shape index (κ1) is 12.4. The molecule has 1 heterocycles. The Hall–Kier alpha value is -0.640. The number of benzene rings is 1. The molecular formula is C14H18ClFN2. The predicted octanol–water partition coefficient (Wildman–Crippen LogP) is 2.66. The summed E-state index contributed by atoms with van der Waals surface area (Å²) in [7, 11) is 0. The molecule has 2 nitrogen and oxygen atoms in total. The van der Waals surface area contributed by atoms with Gasteiger partial charge in [0, 0.05) is 32.2 Å². The molecule has 1 N–H and O–H groups in total. The van der Waals surface area contributed by atoms with E-state index in [2.05, 4.69) is 10.2 Å². The summed E-state index contributed by atoms with van der Waals surface area (Å²) in [4.78, 5) is 2.49. The zero-order valence-corrected chi connectivity index (χ0v) is 11.1. The smallest absolute Gasteiger partial charge is 0.142 e. The number of hydrogen-bond acceptors (Lipinski definition) is 2. The van der Waals surface area contributed by atoms with Crippen LogP contribution in [0.5, 0.6) is 0 Å². The van der Waals surface area contributed by atoms with Crippen LogP contribution in [0.25, 0.3) is 0 Å². The second-order valence-corrected chi connectivity index (χ2v) is 5.84. The van der Waals surface area contributed by atoms with Crippen molar-refractivity contribution >= 4 is 11.6 Å². The molecular weight excluding hydrogens is 251 g/mol. The van der Waals surface area contributed by atoms with Crippen molar-refractivity contribution in [2.24, 2.45) is 5.92 Å². The molecule has 1 saturated heterocycles. The van der Waals surface area contributed by atoms with Crippen LogP contribution < -0.4 is 5.32 Å². The summed E-state index contributed by atoms with van der Waals surface area (Å²) in [5.41, 5.74) is 1.02. The second kappa shape index (κ2) is 5.16. The summed E-state index contributed by atoms with van der Waals surface area (Å²) in [5.74, 6) is 0.456. The maximum absolute atomic E-state index is 13.4. The van der Waals surface area contributed by atoms with Crippen molar-refractivity contribution in [3.8, 4) is 0 Å². The van der Waals surface area contributed by atoms with E-state index >= 15 is 0 Å². The van der Waals surface area contributed by atoms with E-state index in [0.29, 0.717) is 6.04 Å². The van der Waals surface area contributed by atoms with Crippen LogP contribution >= 0.6 is 11.6 Å². The highest BCUT2D eigenvalue weighted by Crippen LogP contribution is 2.30. The van der Waals surface area contributed by atoms with Crippen LogP contribution in [0, 0.1) is 11.7 Å². The molecule has 98 valence electrons. The molecule has 1 aromatic rings. The van der Waals surface area contributed by atoms with Crippen LogP contribution in [0.3, 0.4) is 0 Å². The first-order valence-electron chi connectivity index (χ1n) is 6.61. The third-order valence-corrected chi connectivity index (χ3v) is 4.10. The molecule has 4 heteroatoms. The highest BCUT2D eigenvalue weighted by Gasteiger charge is 2.31. The molecule has 1 aliphatic heterocycles. The van der Waals surface area contributed by atoms with Crippen LogP contribution in [0.4, 0.5) is 4.39 Å². The van der Waals surface area contributed by atoms with Gasteiger partial charge in [0.2, 0.25) is 0 Å². The molecule has 0 atom stereocenters. The molecule has 0 spiro atoms. The summed E-state index contributed by atoms with van der Waals surface area (Å²) < 4.78 is 13.4. The fourth-order valence-corrected chi connectivity index (χ4v) is 2.58. The van der Waals surface area contributed by atoms with Crippen molar-refractivity contribution < 1.29 is 4.39 Å². The Morgan fingerprint density at radius 2 is 2.11 bits per heavy atom. The summed E-state index contributed by atoms with van der Waals surface area (Å²) in [6, 6.07) is 5.86. The van der Waals surface area contributed by atoms with Gasteiger partial charge in [0.1, 0.15) is 5.82 Å². The van der Waals surface area contributed by atoms with Gasteiger partial charge < -0.3 is 5.32 Å². The number of halogens is 2. The fraction of sp³-hybridized carbons (Fsp3) is 0.571. The average molecular weight is 269 g/mol. The van der Waals surface area contributed by atoms with Gasteiger partial charge in [-0.15, -0.1) is 0 Å². The van der Waals surface area contributed by atoms with Gasteiger partial charge in [-0.3, -0.25) is 4.90 Å². The van der Waals surface area contributed by atoms with E-state index in [-0.39, 0.29) is 10.8 Å². The van der Waals surface area contributed by atoms with Crippen molar-refractivity contribution in [3.05, 3.63) is 34.6 Å². The Kier molecular flexibility index (Phi) is 3.55. The van der Waals surface area contributed by atoms with Crippen molar-refractivity contribution in [2.75, 3.05) is 19.6 Å². The van der Waals surface area contributed by atoms with Gasteiger partial charge in [0.15, 0.2) is 0 Å². The zero-order chi connectivity index (χ0) is 12.5. The van der Waals surface area contributed by atoms with Gasteiger partial charge in [0.05, 0.1) is 5.02 Å². The minimum atomic E-state index is -0.310. The van der Waals surface area contributed by atoms with E-state index in [1.165, 1.54) is 12.8 Å². The van der Waals surface area contributed by atoms with Crippen LogP contribution in [0.1, 0.15) is 18.4 Å². The highest BCUT2D eigenvalue weighted by molar-refractivity contribution is 6.30. The molecule has 0 unspecified atom stereocenters. The molecule has 3 rings (SSSR count). The Morgan fingerprint density at radius 1 is 1.33 bits per heavy atom. The van der Waals surface area contributed by atoms with Gasteiger partial charge in [-0.2, -0.15) is 0 Å². The molecule has 0 radical (unpaired) electrons. The predicted molar refractivity (Wildman–Crippen MR) is 71.2 cm³/mol. The van der Waals surface area contributed by atoms with Gasteiger partial charge in [-0.1, -0.05) is 17.7 Å². The third-order valence-electron chi connectivity index (χ3n) is 3.79. The summed E-state index contributed by atoms with van der Waals surface area (Å²) >= 11 is 5.71. The number of rotatable bonds is 5. The lowest BCUT2D eigenvalue weighted by Crippen LogP contribution is -2.48. The lowest BCUT2D eigenvalue weighted by Gasteiger charge is -2.33. The Labute approximate surface area is 112 Å². The van der Waals surface area contributed by atoms with Crippen LogP contribution in [-0.2, 0) is 6.54 Å². The topological polar surface area (TPSA) is 15.3 Å². The van der Waals surface area contributed by atoms with Crippen LogP contribution in [0.2, 0.25) is 5.02 Å². The molecule has 2 aliphatic rings. The fourth-order valence-electron chi connectivity index (χ4n) is 2.46. The summed E-state index contributed by atoms with van der Waals surface area (Å²) in [5, 5.41) is 3.51.